The van der Waals surface area contributed by atoms with Crippen LogP contribution in [0.15, 0.2) is 54.1 Å². The van der Waals surface area contributed by atoms with E-state index >= 15 is 0 Å². The minimum Gasteiger partial charge on any atom is -0.0833 e. The van der Waals surface area contributed by atoms with Crippen LogP contribution in [0, 0.1) is 5.92 Å². The third-order valence-electron chi connectivity index (χ3n) is 5.43. The van der Waals surface area contributed by atoms with Gasteiger partial charge < -0.3 is 0 Å². The molecule has 0 N–H and O–H groups in total. The number of rotatable bonds is 3. The summed E-state index contributed by atoms with van der Waals surface area (Å²) in [5, 5.41) is 2.84. The second-order valence-corrected chi connectivity index (χ2v) is 6.73. The molecule has 0 amide bonds. The number of fused-ring (bicyclic) bond motifs is 4. The highest BCUT2D eigenvalue weighted by molar-refractivity contribution is 5.93. The van der Waals surface area contributed by atoms with Crippen molar-refractivity contribution < 1.29 is 0 Å². The van der Waals surface area contributed by atoms with Crippen molar-refractivity contribution in [1.29, 1.82) is 0 Å². The summed E-state index contributed by atoms with van der Waals surface area (Å²) >= 11 is 0. The fourth-order valence-electron chi connectivity index (χ4n) is 4.28. The highest BCUT2D eigenvalue weighted by Crippen LogP contribution is 2.43. The third kappa shape index (κ3) is 2.22. The number of unbranched alkanes of at least 4 members (excludes halogenated alkanes) is 1. The average molecular weight is 288 g/mol. The van der Waals surface area contributed by atoms with Crippen molar-refractivity contribution in [3.8, 4) is 0 Å². The smallest absolute Gasteiger partial charge is 0.0146 e. The number of benzene rings is 2. The van der Waals surface area contributed by atoms with E-state index in [2.05, 4.69) is 55.5 Å². The first-order valence-electron chi connectivity index (χ1n) is 8.79. The van der Waals surface area contributed by atoms with Crippen molar-refractivity contribution in [1.82, 2.24) is 0 Å². The maximum absolute atomic E-state index is 2.41. The van der Waals surface area contributed by atoms with Crippen LogP contribution in [0.25, 0.3) is 16.3 Å². The fourth-order valence-corrected chi connectivity index (χ4v) is 4.28. The minimum absolute atomic E-state index is 0.791. The largest absolute Gasteiger partial charge is 0.0833 e. The molecule has 0 saturated heterocycles. The van der Waals surface area contributed by atoms with Gasteiger partial charge >= 0.3 is 0 Å². The lowest BCUT2D eigenvalue weighted by Crippen LogP contribution is -2.15. The summed E-state index contributed by atoms with van der Waals surface area (Å²) in [6, 6.07) is 13.5. The zero-order chi connectivity index (χ0) is 14.9. The molecule has 0 heteroatoms. The second-order valence-electron chi connectivity index (χ2n) is 6.73. The van der Waals surface area contributed by atoms with E-state index in [1.807, 2.05) is 0 Å². The topological polar surface area (TPSA) is 0 Å². The zero-order valence-electron chi connectivity index (χ0n) is 13.4. The van der Waals surface area contributed by atoms with Crippen LogP contribution in [0.1, 0.15) is 50.2 Å². The standard InChI is InChI=1S/C22H24/c1-2-3-7-16-9-6-11-20-19(16)14-15-21-18-10-5-4-8-17(18)12-13-22(20)21/h4-6,8,10-13,16H,2-3,7,9,14-15H2,1H3. The van der Waals surface area contributed by atoms with Gasteiger partial charge in [0.05, 0.1) is 0 Å². The lowest BCUT2D eigenvalue weighted by Gasteiger charge is -2.31. The van der Waals surface area contributed by atoms with Crippen molar-refractivity contribution in [2.45, 2.75) is 45.4 Å². The van der Waals surface area contributed by atoms with Gasteiger partial charge in [0.2, 0.25) is 0 Å². The van der Waals surface area contributed by atoms with E-state index in [9.17, 15) is 0 Å². The van der Waals surface area contributed by atoms with Crippen LogP contribution in [0.2, 0.25) is 0 Å². The highest BCUT2D eigenvalue weighted by atomic mass is 14.3. The van der Waals surface area contributed by atoms with Crippen molar-refractivity contribution in [3.05, 3.63) is 65.3 Å². The van der Waals surface area contributed by atoms with Crippen LogP contribution < -0.4 is 0 Å². The van der Waals surface area contributed by atoms with E-state index in [0.717, 1.165) is 5.92 Å². The summed E-state index contributed by atoms with van der Waals surface area (Å²) in [6.07, 6.45) is 12.6. The number of allylic oxidation sites excluding steroid dienone is 4. The van der Waals surface area contributed by atoms with Crippen LogP contribution in [-0.2, 0) is 6.42 Å². The fraction of sp³-hybridized carbons (Fsp3) is 0.364. The first-order valence-corrected chi connectivity index (χ1v) is 8.79. The van der Waals surface area contributed by atoms with Crippen molar-refractivity contribution in [3.63, 3.8) is 0 Å². The summed E-state index contributed by atoms with van der Waals surface area (Å²) < 4.78 is 0. The molecular weight excluding hydrogens is 264 g/mol. The molecule has 0 radical (unpaired) electrons. The molecule has 2 aromatic carbocycles. The van der Waals surface area contributed by atoms with Gasteiger partial charge in [-0.15, -0.1) is 0 Å². The second kappa shape index (κ2) is 5.76. The Kier molecular flexibility index (Phi) is 3.62. The molecule has 2 aromatic rings. The molecule has 1 unspecified atom stereocenters. The van der Waals surface area contributed by atoms with Crippen molar-refractivity contribution in [2.24, 2.45) is 5.92 Å². The Morgan fingerprint density at radius 2 is 1.95 bits per heavy atom. The summed E-state index contributed by atoms with van der Waals surface area (Å²) in [7, 11) is 0. The van der Waals surface area contributed by atoms with Gasteiger partial charge in [-0.1, -0.05) is 73.9 Å². The Labute approximate surface area is 133 Å². The van der Waals surface area contributed by atoms with Gasteiger partial charge in [0.1, 0.15) is 0 Å². The lowest BCUT2D eigenvalue weighted by atomic mass is 9.74. The van der Waals surface area contributed by atoms with Crippen LogP contribution >= 0.6 is 0 Å². The molecular formula is C22H24. The Morgan fingerprint density at radius 3 is 2.86 bits per heavy atom. The summed E-state index contributed by atoms with van der Waals surface area (Å²) in [6.45, 7) is 2.30. The van der Waals surface area contributed by atoms with Crippen LogP contribution in [-0.4, -0.2) is 0 Å². The van der Waals surface area contributed by atoms with Crippen LogP contribution in [0.5, 0.6) is 0 Å². The van der Waals surface area contributed by atoms with Gasteiger partial charge in [0.25, 0.3) is 0 Å². The van der Waals surface area contributed by atoms with E-state index in [-0.39, 0.29) is 0 Å². The van der Waals surface area contributed by atoms with Gasteiger partial charge in [-0.25, -0.2) is 0 Å². The predicted molar refractivity (Wildman–Crippen MR) is 96.0 cm³/mol. The van der Waals surface area contributed by atoms with Crippen LogP contribution in [0.3, 0.4) is 0 Å². The zero-order valence-corrected chi connectivity index (χ0v) is 13.4. The molecule has 0 fully saturated rings. The summed E-state index contributed by atoms with van der Waals surface area (Å²) in [4.78, 5) is 0. The van der Waals surface area contributed by atoms with Gasteiger partial charge in [0.15, 0.2) is 0 Å². The van der Waals surface area contributed by atoms with Gasteiger partial charge in [-0.2, -0.15) is 0 Å². The Bertz CT molecular complexity index is 761. The highest BCUT2D eigenvalue weighted by Gasteiger charge is 2.25. The van der Waals surface area contributed by atoms with E-state index < -0.39 is 0 Å². The first kappa shape index (κ1) is 13.8. The van der Waals surface area contributed by atoms with E-state index in [1.165, 1.54) is 54.9 Å². The predicted octanol–water partition coefficient (Wildman–Crippen LogP) is 6.31. The summed E-state index contributed by atoms with van der Waals surface area (Å²) in [5.41, 5.74) is 6.34. The average Bonchev–Trinajstić information content (AvgIpc) is 2.59. The number of aryl methyl sites for hydroxylation is 1. The molecule has 0 spiro atoms. The molecule has 2 aliphatic rings. The monoisotopic (exact) mass is 288 g/mol. The molecule has 0 aliphatic heterocycles. The van der Waals surface area contributed by atoms with E-state index in [1.54, 1.807) is 16.7 Å². The van der Waals surface area contributed by atoms with Crippen molar-refractivity contribution >= 4 is 16.3 Å². The minimum atomic E-state index is 0.791. The molecule has 0 heterocycles. The third-order valence-corrected chi connectivity index (χ3v) is 5.43. The SMILES string of the molecule is CCCCC1CC=CC2=C1CCc1c2ccc2ccccc12. The normalized spacial score (nSPS) is 20.1. The lowest BCUT2D eigenvalue weighted by molar-refractivity contribution is 0.514. The summed E-state index contributed by atoms with van der Waals surface area (Å²) in [5.74, 6) is 0.791. The Hall–Kier alpha value is -1.82. The maximum atomic E-state index is 2.41. The quantitative estimate of drug-likeness (QED) is 0.621. The molecule has 1 atom stereocenters. The van der Waals surface area contributed by atoms with Gasteiger partial charge in [-0.05, 0) is 59.1 Å². The van der Waals surface area contributed by atoms with E-state index in [0.29, 0.717) is 0 Å². The molecule has 22 heavy (non-hydrogen) atoms. The molecule has 2 aliphatic carbocycles. The molecule has 0 nitrogen and oxygen atoms in total. The molecule has 0 aromatic heterocycles. The number of hydrogen-bond acceptors (Lipinski definition) is 0. The van der Waals surface area contributed by atoms with Crippen LogP contribution in [0.4, 0.5) is 0 Å². The molecule has 0 saturated carbocycles. The molecule has 0 bridgehead atoms. The van der Waals surface area contributed by atoms with E-state index in [4.69, 9.17) is 0 Å². The van der Waals surface area contributed by atoms with Crippen molar-refractivity contribution in [2.75, 3.05) is 0 Å². The Morgan fingerprint density at radius 1 is 1.05 bits per heavy atom. The molecule has 4 rings (SSSR count). The van der Waals surface area contributed by atoms with Gasteiger partial charge in [-0.3, -0.25) is 0 Å². The Balaban J connectivity index is 1.82. The number of hydrogen-bond donors (Lipinski definition) is 0. The molecule has 112 valence electrons. The first-order chi connectivity index (χ1) is 10.9. The maximum Gasteiger partial charge on any atom is -0.0146 e. The van der Waals surface area contributed by atoms with Gasteiger partial charge in [0, 0.05) is 0 Å².